The van der Waals surface area contributed by atoms with E-state index in [0.29, 0.717) is 6.04 Å². The summed E-state index contributed by atoms with van der Waals surface area (Å²) in [5.74, 6) is 0. The second-order valence-electron chi connectivity index (χ2n) is 4.15. The Bertz CT molecular complexity index is 108. The Balaban J connectivity index is 3.83. The first-order valence-electron chi connectivity index (χ1n) is 4.24. The second kappa shape index (κ2) is 4.07. The van der Waals surface area contributed by atoms with Crippen molar-refractivity contribution in [2.75, 3.05) is 21.1 Å². The fourth-order valence-electron chi connectivity index (χ4n) is 1.02. The van der Waals surface area contributed by atoms with Gasteiger partial charge in [-0.25, -0.2) is 0 Å². The lowest BCUT2D eigenvalue weighted by molar-refractivity contribution is 0.238. The Kier molecular flexibility index (Phi) is 4.04. The highest BCUT2D eigenvalue weighted by atomic mass is 15.1. The maximum atomic E-state index is 3.30. The standard InChI is InChI=1S/C9H22N2/c1-8(11(5)6)7-9(2,3)10-4/h8,10H,7H2,1-6H3. The van der Waals surface area contributed by atoms with Crippen molar-refractivity contribution in [1.82, 2.24) is 10.2 Å². The lowest BCUT2D eigenvalue weighted by Crippen LogP contribution is -2.42. The molecule has 0 aromatic rings. The quantitative estimate of drug-likeness (QED) is 0.664. The van der Waals surface area contributed by atoms with Gasteiger partial charge in [0.05, 0.1) is 0 Å². The number of nitrogens with one attached hydrogen (secondary N) is 1. The molecule has 1 atom stereocenters. The molecule has 2 nitrogen and oxygen atoms in total. The summed E-state index contributed by atoms with van der Waals surface area (Å²) < 4.78 is 0. The number of hydrogen-bond acceptors (Lipinski definition) is 2. The molecular weight excluding hydrogens is 136 g/mol. The summed E-state index contributed by atoms with van der Waals surface area (Å²) in [6, 6.07) is 0.637. The van der Waals surface area contributed by atoms with Crippen molar-refractivity contribution in [3.63, 3.8) is 0 Å². The molecule has 11 heavy (non-hydrogen) atoms. The molecule has 0 aliphatic carbocycles. The Morgan fingerprint density at radius 3 is 2.09 bits per heavy atom. The van der Waals surface area contributed by atoms with Gasteiger partial charge in [-0.1, -0.05) is 0 Å². The fourth-order valence-corrected chi connectivity index (χ4v) is 1.02. The van der Waals surface area contributed by atoms with E-state index in [2.05, 4.69) is 45.1 Å². The van der Waals surface area contributed by atoms with Crippen LogP contribution in [-0.2, 0) is 0 Å². The van der Waals surface area contributed by atoms with Gasteiger partial charge in [-0.3, -0.25) is 0 Å². The summed E-state index contributed by atoms with van der Waals surface area (Å²) in [5.41, 5.74) is 0.254. The number of rotatable bonds is 4. The van der Waals surface area contributed by atoms with Crippen molar-refractivity contribution in [2.24, 2.45) is 0 Å². The van der Waals surface area contributed by atoms with Crippen LogP contribution >= 0.6 is 0 Å². The predicted molar refractivity (Wildman–Crippen MR) is 50.9 cm³/mol. The molecule has 1 N–H and O–H groups in total. The normalized spacial score (nSPS) is 15.5. The van der Waals surface area contributed by atoms with Gasteiger partial charge in [0.25, 0.3) is 0 Å². The molecule has 0 amide bonds. The van der Waals surface area contributed by atoms with Gasteiger partial charge in [0, 0.05) is 11.6 Å². The van der Waals surface area contributed by atoms with Crippen molar-refractivity contribution in [3.8, 4) is 0 Å². The fraction of sp³-hybridized carbons (Fsp3) is 1.00. The van der Waals surface area contributed by atoms with Crippen LogP contribution < -0.4 is 5.32 Å². The smallest absolute Gasteiger partial charge is 0.0136 e. The molecule has 0 spiro atoms. The molecule has 0 rings (SSSR count). The highest BCUT2D eigenvalue weighted by molar-refractivity contribution is 4.80. The third-order valence-electron chi connectivity index (χ3n) is 2.36. The highest BCUT2D eigenvalue weighted by Gasteiger charge is 2.19. The van der Waals surface area contributed by atoms with Gasteiger partial charge in [0.15, 0.2) is 0 Å². The molecule has 0 aromatic heterocycles. The molecule has 1 unspecified atom stereocenters. The molecule has 0 saturated heterocycles. The van der Waals surface area contributed by atoms with E-state index in [-0.39, 0.29) is 5.54 Å². The zero-order chi connectivity index (χ0) is 9.07. The molecule has 0 heterocycles. The molecule has 0 radical (unpaired) electrons. The molecule has 0 aromatic carbocycles. The van der Waals surface area contributed by atoms with E-state index in [1.54, 1.807) is 0 Å². The van der Waals surface area contributed by atoms with E-state index in [4.69, 9.17) is 0 Å². The van der Waals surface area contributed by atoms with Gasteiger partial charge >= 0.3 is 0 Å². The van der Waals surface area contributed by atoms with Gasteiger partial charge in [0.1, 0.15) is 0 Å². The zero-order valence-electron chi connectivity index (χ0n) is 8.73. The third kappa shape index (κ3) is 4.38. The van der Waals surface area contributed by atoms with Crippen molar-refractivity contribution >= 4 is 0 Å². The van der Waals surface area contributed by atoms with E-state index in [1.165, 1.54) is 6.42 Å². The Morgan fingerprint density at radius 2 is 1.82 bits per heavy atom. The lowest BCUT2D eigenvalue weighted by atomic mass is 9.96. The Morgan fingerprint density at radius 1 is 1.36 bits per heavy atom. The molecule has 0 bridgehead atoms. The predicted octanol–water partition coefficient (Wildman–Crippen LogP) is 1.32. The van der Waals surface area contributed by atoms with Crippen molar-refractivity contribution in [3.05, 3.63) is 0 Å². The summed E-state index contributed by atoms with van der Waals surface area (Å²) in [6.07, 6.45) is 1.18. The summed E-state index contributed by atoms with van der Waals surface area (Å²) in [7, 11) is 6.26. The monoisotopic (exact) mass is 158 g/mol. The highest BCUT2D eigenvalue weighted by Crippen LogP contribution is 2.12. The minimum Gasteiger partial charge on any atom is -0.315 e. The first kappa shape index (κ1) is 10.9. The summed E-state index contributed by atoms with van der Waals surface area (Å²) in [6.45, 7) is 6.71. The first-order valence-corrected chi connectivity index (χ1v) is 4.24. The van der Waals surface area contributed by atoms with Crippen LogP contribution in [0.2, 0.25) is 0 Å². The Labute approximate surface area is 71.0 Å². The van der Waals surface area contributed by atoms with Crippen LogP contribution in [0.5, 0.6) is 0 Å². The molecule has 0 aliphatic heterocycles. The van der Waals surface area contributed by atoms with E-state index >= 15 is 0 Å². The SMILES string of the molecule is CNC(C)(C)CC(C)N(C)C. The first-order chi connectivity index (χ1) is 4.89. The van der Waals surface area contributed by atoms with Crippen LogP contribution in [0.15, 0.2) is 0 Å². The van der Waals surface area contributed by atoms with Gasteiger partial charge in [0.2, 0.25) is 0 Å². The molecule has 68 valence electrons. The van der Waals surface area contributed by atoms with Crippen LogP contribution in [0.4, 0.5) is 0 Å². The minimum atomic E-state index is 0.254. The molecule has 0 fully saturated rings. The maximum Gasteiger partial charge on any atom is 0.0136 e. The van der Waals surface area contributed by atoms with Crippen LogP contribution in [0.3, 0.4) is 0 Å². The lowest BCUT2D eigenvalue weighted by Gasteiger charge is -2.30. The second-order valence-corrected chi connectivity index (χ2v) is 4.15. The van der Waals surface area contributed by atoms with Crippen molar-refractivity contribution in [1.29, 1.82) is 0 Å². The largest absolute Gasteiger partial charge is 0.315 e. The summed E-state index contributed by atoms with van der Waals surface area (Å²) >= 11 is 0. The van der Waals surface area contributed by atoms with E-state index in [1.807, 2.05) is 7.05 Å². The van der Waals surface area contributed by atoms with Gasteiger partial charge < -0.3 is 10.2 Å². The zero-order valence-corrected chi connectivity index (χ0v) is 8.73. The molecule has 0 saturated carbocycles. The average Bonchev–Trinajstić information content (AvgIpc) is 1.87. The third-order valence-corrected chi connectivity index (χ3v) is 2.36. The van der Waals surface area contributed by atoms with E-state index in [0.717, 1.165) is 0 Å². The van der Waals surface area contributed by atoms with Crippen LogP contribution in [-0.4, -0.2) is 37.6 Å². The molecular formula is C9H22N2. The van der Waals surface area contributed by atoms with Crippen LogP contribution in [0, 0.1) is 0 Å². The molecule has 2 heteroatoms. The van der Waals surface area contributed by atoms with E-state index < -0.39 is 0 Å². The van der Waals surface area contributed by atoms with Gasteiger partial charge in [-0.15, -0.1) is 0 Å². The molecule has 0 aliphatic rings. The minimum absolute atomic E-state index is 0.254. The van der Waals surface area contributed by atoms with Crippen molar-refractivity contribution in [2.45, 2.75) is 38.8 Å². The average molecular weight is 158 g/mol. The topological polar surface area (TPSA) is 15.3 Å². The van der Waals surface area contributed by atoms with Crippen LogP contribution in [0.25, 0.3) is 0 Å². The van der Waals surface area contributed by atoms with E-state index in [9.17, 15) is 0 Å². The number of nitrogens with zero attached hydrogens (tertiary/aromatic N) is 1. The summed E-state index contributed by atoms with van der Waals surface area (Å²) in [5, 5.41) is 3.30. The van der Waals surface area contributed by atoms with Gasteiger partial charge in [-0.2, -0.15) is 0 Å². The van der Waals surface area contributed by atoms with Crippen LogP contribution in [0.1, 0.15) is 27.2 Å². The van der Waals surface area contributed by atoms with Crippen molar-refractivity contribution < 1.29 is 0 Å². The number of hydrogen-bond donors (Lipinski definition) is 1. The van der Waals surface area contributed by atoms with Gasteiger partial charge in [-0.05, 0) is 48.3 Å². The maximum absolute atomic E-state index is 3.30. The Hall–Kier alpha value is -0.0800. The summed E-state index contributed by atoms with van der Waals surface area (Å²) in [4.78, 5) is 2.25.